The molecule has 3 heteroatoms. The molecule has 1 fully saturated rings. The lowest BCUT2D eigenvalue weighted by Gasteiger charge is -2.39. The van der Waals surface area contributed by atoms with Crippen LogP contribution >= 0.6 is 15.9 Å². The van der Waals surface area contributed by atoms with E-state index in [1.807, 2.05) is 0 Å². The lowest BCUT2D eigenvalue weighted by atomic mass is 9.64. The largest absolute Gasteiger partial charge is 0.481 e. The van der Waals surface area contributed by atoms with Crippen molar-refractivity contribution < 1.29 is 9.90 Å². The molecule has 96 valence electrons. The van der Waals surface area contributed by atoms with Gasteiger partial charge in [0.15, 0.2) is 0 Å². The van der Waals surface area contributed by atoms with Gasteiger partial charge in [0.05, 0.1) is 5.41 Å². The van der Waals surface area contributed by atoms with Crippen LogP contribution < -0.4 is 0 Å². The predicted molar refractivity (Wildman–Crippen MR) is 73.9 cm³/mol. The molecule has 1 N–H and O–H groups in total. The van der Waals surface area contributed by atoms with Crippen LogP contribution in [0.3, 0.4) is 0 Å². The molecule has 2 aliphatic rings. The molecule has 0 heterocycles. The van der Waals surface area contributed by atoms with Crippen LogP contribution in [0, 0.1) is 0 Å². The first kappa shape index (κ1) is 12.2. The number of halogens is 1. The number of carboxylic acid groups (broad SMARTS) is 1. The molecule has 1 aromatic rings. The van der Waals surface area contributed by atoms with E-state index in [0.29, 0.717) is 0 Å². The third-order valence-electron chi connectivity index (χ3n) is 4.58. The van der Waals surface area contributed by atoms with Crippen molar-refractivity contribution in [3.8, 4) is 0 Å². The first-order chi connectivity index (χ1) is 8.63. The van der Waals surface area contributed by atoms with Crippen LogP contribution in [0.1, 0.15) is 48.8 Å². The first-order valence-electron chi connectivity index (χ1n) is 6.69. The highest BCUT2D eigenvalue weighted by Gasteiger charge is 2.46. The van der Waals surface area contributed by atoms with Crippen molar-refractivity contribution in [3.63, 3.8) is 0 Å². The molecule has 0 aliphatic heterocycles. The number of fused-ring (bicyclic) bond motifs is 1. The number of hydrogen-bond donors (Lipinski definition) is 1. The van der Waals surface area contributed by atoms with E-state index in [-0.39, 0.29) is 0 Å². The second kappa shape index (κ2) is 4.37. The zero-order valence-electron chi connectivity index (χ0n) is 10.3. The molecular weight excluding hydrogens is 292 g/mol. The number of rotatable bonds is 2. The van der Waals surface area contributed by atoms with Crippen LogP contribution in [0.15, 0.2) is 16.6 Å². The van der Waals surface area contributed by atoms with Gasteiger partial charge >= 0.3 is 5.97 Å². The molecule has 0 spiro atoms. The number of aryl methyl sites for hydroxylation is 1. The molecule has 2 aliphatic carbocycles. The molecule has 0 atom stereocenters. The molecule has 2 nitrogen and oxygen atoms in total. The van der Waals surface area contributed by atoms with E-state index in [1.165, 1.54) is 24.0 Å². The molecule has 3 rings (SSSR count). The highest BCUT2D eigenvalue weighted by Crippen LogP contribution is 2.46. The maximum Gasteiger partial charge on any atom is 0.314 e. The standard InChI is InChI=1S/C15H17BrO2/c16-13-9-11(15(14(17)18)6-3-7-15)8-10-4-1-2-5-12(10)13/h8-9H,1-7H2,(H,17,18). The molecule has 1 aromatic carbocycles. The molecule has 18 heavy (non-hydrogen) atoms. The number of benzene rings is 1. The predicted octanol–water partition coefficient (Wildman–Crippen LogP) is 3.83. The van der Waals surface area contributed by atoms with E-state index in [9.17, 15) is 9.90 Å². The van der Waals surface area contributed by atoms with Crippen molar-refractivity contribution in [2.24, 2.45) is 0 Å². The third kappa shape index (κ3) is 1.71. The average molecular weight is 309 g/mol. The van der Waals surface area contributed by atoms with E-state index in [1.54, 1.807) is 0 Å². The van der Waals surface area contributed by atoms with Crippen molar-refractivity contribution in [2.75, 3.05) is 0 Å². The van der Waals surface area contributed by atoms with Gasteiger partial charge in [-0.25, -0.2) is 0 Å². The molecule has 0 bridgehead atoms. The highest BCUT2D eigenvalue weighted by molar-refractivity contribution is 9.10. The fourth-order valence-corrected chi connectivity index (χ4v) is 3.95. The number of carboxylic acids is 1. The molecule has 0 saturated heterocycles. The Balaban J connectivity index is 2.08. The molecule has 0 radical (unpaired) electrons. The van der Waals surface area contributed by atoms with Gasteiger partial charge in [-0.15, -0.1) is 0 Å². The zero-order chi connectivity index (χ0) is 12.8. The lowest BCUT2D eigenvalue weighted by molar-refractivity contribution is -0.147. The van der Waals surface area contributed by atoms with E-state index < -0.39 is 11.4 Å². The topological polar surface area (TPSA) is 37.3 Å². The number of aliphatic carboxylic acids is 1. The Kier molecular flexibility index (Phi) is 2.97. The van der Waals surface area contributed by atoms with Crippen LogP contribution in [0.4, 0.5) is 0 Å². The average Bonchev–Trinajstić information content (AvgIpc) is 2.27. The van der Waals surface area contributed by atoms with E-state index in [4.69, 9.17) is 0 Å². The number of carbonyl (C=O) groups is 1. The van der Waals surface area contributed by atoms with Crippen molar-refractivity contribution in [1.29, 1.82) is 0 Å². The molecule has 1 saturated carbocycles. The van der Waals surface area contributed by atoms with Gasteiger partial charge < -0.3 is 5.11 Å². The second-order valence-corrected chi connectivity index (χ2v) is 6.40. The summed E-state index contributed by atoms with van der Waals surface area (Å²) >= 11 is 3.63. The maximum absolute atomic E-state index is 11.6. The quantitative estimate of drug-likeness (QED) is 0.901. The van der Waals surface area contributed by atoms with E-state index in [0.717, 1.165) is 42.1 Å². The molecule has 0 aromatic heterocycles. The monoisotopic (exact) mass is 308 g/mol. The summed E-state index contributed by atoms with van der Waals surface area (Å²) < 4.78 is 1.11. The van der Waals surface area contributed by atoms with Gasteiger partial charge in [-0.2, -0.15) is 0 Å². The zero-order valence-corrected chi connectivity index (χ0v) is 11.9. The van der Waals surface area contributed by atoms with E-state index in [2.05, 4.69) is 28.1 Å². The Bertz CT molecular complexity index is 503. The van der Waals surface area contributed by atoms with Crippen LogP contribution in [0.5, 0.6) is 0 Å². The lowest BCUT2D eigenvalue weighted by Crippen LogP contribution is -2.42. The van der Waals surface area contributed by atoms with Crippen molar-refractivity contribution in [2.45, 2.75) is 50.4 Å². The third-order valence-corrected chi connectivity index (χ3v) is 5.29. The van der Waals surface area contributed by atoms with Crippen molar-refractivity contribution >= 4 is 21.9 Å². The summed E-state index contributed by atoms with van der Waals surface area (Å²) in [6, 6.07) is 4.21. The fraction of sp³-hybridized carbons (Fsp3) is 0.533. The second-order valence-electron chi connectivity index (χ2n) is 5.54. The minimum atomic E-state index is -0.656. The van der Waals surface area contributed by atoms with Gasteiger partial charge in [0.2, 0.25) is 0 Å². The maximum atomic E-state index is 11.6. The molecule has 0 amide bonds. The normalized spacial score (nSPS) is 20.9. The van der Waals surface area contributed by atoms with Gasteiger partial charge in [0.25, 0.3) is 0 Å². The Labute approximate surface area is 116 Å². The minimum absolute atomic E-state index is 0.602. The van der Waals surface area contributed by atoms with Crippen LogP contribution in [-0.4, -0.2) is 11.1 Å². The van der Waals surface area contributed by atoms with Crippen molar-refractivity contribution in [1.82, 2.24) is 0 Å². The Hall–Kier alpha value is -0.830. The van der Waals surface area contributed by atoms with Crippen LogP contribution in [0.25, 0.3) is 0 Å². The van der Waals surface area contributed by atoms with Gasteiger partial charge in [-0.3, -0.25) is 4.79 Å². The Morgan fingerprint density at radius 2 is 1.89 bits per heavy atom. The molecule has 0 unspecified atom stereocenters. The first-order valence-corrected chi connectivity index (χ1v) is 7.48. The summed E-state index contributed by atoms with van der Waals surface area (Å²) in [6.45, 7) is 0. The summed E-state index contributed by atoms with van der Waals surface area (Å²) in [5, 5.41) is 9.52. The Morgan fingerprint density at radius 3 is 2.50 bits per heavy atom. The number of hydrogen-bond acceptors (Lipinski definition) is 1. The SMILES string of the molecule is O=C(O)C1(c2cc(Br)c3c(c2)CCCC3)CCC1. The smallest absolute Gasteiger partial charge is 0.314 e. The van der Waals surface area contributed by atoms with Crippen LogP contribution in [-0.2, 0) is 23.1 Å². The minimum Gasteiger partial charge on any atom is -0.481 e. The summed E-state index contributed by atoms with van der Waals surface area (Å²) in [7, 11) is 0. The van der Waals surface area contributed by atoms with Gasteiger partial charge in [-0.1, -0.05) is 28.4 Å². The van der Waals surface area contributed by atoms with Gasteiger partial charge in [0, 0.05) is 4.47 Å². The Morgan fingerprint density at radius 1 is 1.17 bits per heavy atom. The van der Waals surface area contributed by atoms with Gasteiger partial charge in [-0.05, 0) is 61.3 Å². The van der Waals surface area contributed by atoms with Crippen molar-refractivity contribution in [3.05, 3.63) is 33.3 Å². The van der Waals surface area contributed by atoms with Gasteiger partial charge in [0.1, 0.15) is 0 Å². The van der Waals surface area contributed by atoms with Crippen LogP contribution in [0.2, 0.25) is 0 Å². The summed E-state index contributed by atoms with van der Waals surface area (Å²) in [5.41, 5.74) is 3.16. The molecular formula is C15H17BrO2. The summed E-state index contributed by atoms with van der Waals surface area (Å²) in [6.07, 6.45) is 7.29. The highest BCUT2D eigenvalue weighted by atomic mass is 79.9. The summed E-state index contributed by atoms with van der Waals surface area (Å²) in [4.78, 5) is 11.6. The summed E-state index contributed by atoms with van der Waals surface area (Å²) in [5.74, 6) is -0.656. The fourth-order valence-electron chi connectivity index (χ4n) is 3.25. The van der Waals surface area contributed by atoms with E-state index >= 15 is 0 Å².